The zero-order valence-corrected chi connectivity index (χ0v) is 13.6. The quantitative estimate of drug-likeness (QED) is 0.500. The Morgan fingerprint density at radius 1 is 1.15 bits per heavy atom. The predicted octanol–water partition coefficient (Wildman–Crippen LogP) is 2.62. The summed E-state index contributed by atoms with van der Waals surface area (Å²) in [5, 5.41) is 13.0. The first-order chi connectivity index (χ1) is 12.3. The molecule has 26 heavy (non-hydrogen) atoms. The molecule has 3 rings (SSSR count). The standard InChI is InChI=1S/C16H9ClFN3O5/c17-12-5-8(1-4-13(12)18)19-14(22)7-20-15(23)10-3-2-9(21(25)26)6-11(10)16(20)24/h1-6H,7H2,(H,19,22). The fourth-order valence-electron chi connectivity index (χ4n) is 2.45. The molecule has 10 heteroatoms. The van der Waals surface area contributed by atoms with Crippen LogP contribution in [0.5, 0.6) is 0 Å². The summed E-state index contributed by atoms with van der Waals surface area (Å²) < 4.78 is 13.1. The number of nitro benzene ring substituents is 1. The molecule has 132 valence electrons. The molecule has 0 atom stereocenters. The topological polar surface area (TPSA) is 110 Å². The van der Waals surface area contributed by atoms with E-state index in [9.17, 15) is 28.9 Å². The number of imide groups is 1. The number of nitrogens with zero attached hydrogens (tertiary/aromatic N) is 2. The molecule has 1 aliphatic heterocycles. The summed E-state index contributed by atoms with van der Waals surface area (Å²) in [7, 11) is 0. The van der Waals surface area contributed by atoms with Crippen LogP contribution >= 0.6 is 11.6 Å². The Hall–Kier alpha value is -3.33. The second kappa shape index (κ2) is 6.52. The third-order valence-corrected chi connectivity index (χ3v) is 3.96. The lowest BCUT2D eigenvalue weighted by Crippen LogP contribution is -2.37. The van der Waals surface area contributed by atoms with E-state index in [1.54, 1.807) is 0 Å². The van der Waals surface area contributed by atoms with Crippen LogP contribution in [0, 0.1) is 15.9 Å². The lowest BCUT2D eigenvalue weighted by Gasteiger charge is -2.13. The number of fused-ring (bicyclic) bond motifs is 1. The number of hydrogen-bond donors (Lipinski definition) is 1. The largest absolute Gasteiger partial charge is 0.324 e. The molecule has 0 aliphatic carbocycles. The summed E-state index contributed by atoms with van der Waals surface area (Å²) in [6.45, 7) is -0.602. The number of rotatable bonds is 4. The van der Waals surface area contributed by atoms with E-state index in [1.807, 2.05) is 0 Å². The van der Waals surface area contributed by atoms with Crippen LogP contribution in [-0.4, -0.2) is 34.1 Å². The molecule has 0 spiro atoms. The van der Waals surface area contributed by atoms with Gasteiger partial charge >= 0.3 is 0 Å². The van der Waals surface area contributed by atoms with Crippen LogP contribution in [0.3, 0.4) is 0 Å². The van der Waals surface area contributed by atoms with Gasteiger partial charge in [0.05, 0.1) is 21.1 Å². The van der Waals surface area contributed by atoms with Gasteiger partial charge in [0.25, 0.3) is 17.5 Å². The highest BCUT2D eigenvalue weighted by Gasteiger charge is 2.37. The van der Waals surface area contributed by atoms with E-state index in [-0.39, 0.29) is 27.5 Å². The van der Waals surface area contributed by atoms with Gasteiger partial charge in [0, 0.05) is 17.8 Å². The molecule has 3 amide bonds. The molecule has 1 aliphatic rings. The Kier molecular flexibility index (Phi) is 4.39. The second-order valence-corrected chi connectivity index (χ2v) is 5.77. The van der Waals surface area contributed by atoms with Crippen molar-refractivity contribution < 1.29 is 23.7 Å². The number of amides is 3. The van der Waals surface area contributed by atoms with Gasteiger partial charge in [-0.1, -0.05) is 11.6 Å². The van der Waals surface area contributed by atoms with Crippen molar-refractivity contribution in [3.8, 4) is 0 Å². The van der Waals surface area contributed by atoms with Gasteiger partial charge in [-0.05, 0) is 24.3 Å². The Morgan fingerprint density at radius 3 is 2.50 bits per heavy atom. The minimum absolute atomic E-state index is 0.0155. The Morgan fingerprint density at radius 2 is 1.85 bits per heavy atom. The SMILES string of the molecule is O=C(CN1C(=O)c2ccc([N+](=O)[O-])cc2C1=O)Nc1ccc(F)c(Cl)c1. The van der Waals surface area contributed by atoms with Crippen LogP contribution in [0.25, 0.3) is 0 Å². The smallest absolute Gasteiger partial charge is 0.270 e. The van der Waals surface area contributed by atoms with Crippen LogP contribution in [0.4, 0.5) is 15.8 Å². The van der Waals surface area contributed by atoms with Crippen molar-refractivity contribution in [2.45, 2.75) is 0 Å². The fraction of sp³-hybridized carbons (Fsp3) is 0.0625. The van der Waals surface area contributed by atoms with Gasteiger partial charge in [-0.2, -0.15) is 0 Å². The lowest BCUT2D eigenvalue weighted by molar-refractivity contribution is -0.384. The summed E-state index contributed by atoms with van der Waals surface area (Å²) >= 11 is 5.62. The minimum Gasteiger partial charge on any atom is -0.324 e. The number of anilines is 1. The minimum atomic E-state index is -0.805. The van der Waals surface area contributed by atoms with Crippen molar-refractivity contribution >= 4 is 40.7 Å². The van der Waals surface area contributed by atoms with Gasteiger partial charge in [-0.25, -0.2) is 4.39 Å². The third kappa shape index (κ3) is 3.11. The molecule has 0 bridgehead atoms. The van der Waals surface area contributed by atoms with Crippen LogP contribution in [0.2, 0.25) is 5.02 Å². The molecule has 0 fully saturated rings. The molecule has 1 N–H and O–H groups in total. The highest BCUT2D eigenvalue weighted by atomic mass is 35.5. The van der Waals surface area contributed by atoms with Crippen LogP contribution in [0.15, 0.2) is 36.4 Å². The van der Waals surface area contributed by atoms with Crippen LogP contribution in [-0.2, 0) is 4.79 Å². The number of benzene rings is 2. The number of halogens is 2. The molecule has 2 aromatic carbocycles. The summed E-state index contributed by atoms with van der Waals surface area (Å²) in [5.41, 5.74) is -0.300. The Bertz CT molecular complexity index is 978. The van der Waals surface area contributed by atoms with E-state index >= 15 is 0 Å². The number of hydrogen-bond acceptors (Lipinski definition) is 5. The van der Waals surface area contributed by atoms with E-state index in [1.165, 1.54) is 18.2 Å². The first kappa shape index (κ1) is 17.5. The van der Waals surface area contributed by atoms with Crippen molar-refractivity contribution in [3.63, 3.8) is 0 Å². The summed E-state index contributed by atoms with van der Waals surface area (Å²) in [4.78, 5) is 47.4. The Labute approximate surface area is 150 Å². The summed E-state index contributed by atoms with van der Waals surface area (Å²) in [6, 6.07) is 6.77. The fourth-order valence-corrected chi connectivity index (χ4v) is 2.63. The molecule has 0 unspecified atom stereocenters. The molecular weight excluding hydrogens is 369 g/mol. The molecule has 0 saturated carbocycles. The van der Waals surface area contributed by atoms with Gasteiger partial charge in [-0.15, -0.1) is 0 Å². The number of nitro groups is 1. The number of carbonyl (C=O) groups excluding carboxylic acids is 3. The maximum atomic E-state index is 13.1. The molecular formula is C16H9ClFN3O5. The molecule has 0 aromatic heterocycles. The van der Waals surface area contributed by atoms with Crippen molar-refractivity contribution in [2.75, 3.05) is 11.9 Å². The van der Waals surface area contributed by atoms with Crippen LogP contribution in [0.1, 0.15) is 20.7 Å². The maximum Gasteiger partial charge on any atom is 0.270 e. The van der Waals surface area contributed by atoms with E-state index in [2.05, 4.69) is 5.32 Å². The highest BCUT2D eigenvalue weighted by molar-refractivity contribution is 6.31. The van der Waals surface area contributed by atoms with E-state index in [0.717, 1.165) is 18.2 Å². The van der Waals surface area contributed by atoms with E-state index in [0.29, 0.717) is 4.90 Å². The average Bonchev–Trinajstić information content (AvgIpc) is 2.82. The van der Waals surface area contributed by atoms with Gasteiger partial charge in [-0.3, -0.25) is 29.4 Å². The van der Waals surface area contributed by atoms with Gasteiger partial charge in [0.15, 0.2) is 0 Å². The summed E-state index contributed by atoms with van der Waals surface area (Å²) in [6.07, 6.45) is 0. The van der Waals surface area contributed by atoms with Crippen molar-refractivity contribution in [1.82, 2.24) is 4.90 Å². The van der Waals surface area contributed by atoms with Gasteiger partial charge < -0.3 is 5.32 Å². The first-order valence-electron chi connectivity index (χ1n) is 7.17. The number of carbonyl (C=O) groups is 3. The van der Waals surface area contributed by atoms with Crippen molar-refractivity contribution in [3.05, 3.63) is 68.5 Å². The molecule has 0 radical (unpaired) electrons. The third-order valence-electron chi connectivity index (χ3n) is 3.67. The molecule has 8 nitrogen and oxygen atoms in total. The van der Waals surface area contributed by atoms with Crippen molar-refractivity contribution in [2.24, 2.45) is 0 Å². The monoisotopic (exact) mass is 377 g/mol. The van der Waals surface area contributed by atoms with Crippen molar-refractivity contribution in [1.29, 1.82) is 0 Å². The second-order valence-electron chi connectivity index (χ2n) is 5.36. The molecule has 1 heterocycles. The molecule has 2 aromatic rings. The zero-order chi connectivity index (χ0) is 19.0. The summed E-state index contributed by atoms with van der Waals surface area (Å²) in [5.74, 6) is -2.91. The van der Waals surface area contributed by atoms with Gasteiger partial charge in [0.1, 0.15) is 12.4 Å². The highest BCUT2D eigenvalue weighted by Crippen LogP contribution is 2.27. The van der Waals surface area contributed by atoms with E-state index < -0.39 is 35.0 Å². The zero-order valence-electron chi connectivity index (χ0n) is 12.9. The van der Waals surface area contributed by atoms with E-state index in [4.69, 9.17) is 11.6 Å². The maximum absolute atomic E-state index is 13.1. The number of nitrogens with one attached hydrogen (secondary N) is 1. The normalized spacial score (nSPS) is 12.9. The van der Waals surface area contributed by atoms with Crippen LogP contribution < -0.4 is 5.32 Å². The molecule has 0 saturated heterocycles. The average molecular weight is 378 g/mol. The lowest BCUT2D eigenvalue weighted by atomic mass is 10.1. The number of non-ortho nitro benzene ring substituents is 1. The predicted molar refractivity (Wildman–Crippen MR) is 88.5 cm³/mol. The first-order valence-corrected chi connectivity index (χ1v) is 7.55. The van der Waals surface area contributed by atoms with Gasteiger partial charge in [0.2, 0.25) is 5.91 Å². The Balaban J connectivity index is 1.76.